The lowest BCUT2D eigenvalue weighted by Gasteiger charge is -2.37. The first-order valence-electron chi connectivity index (χ1n) is 16.4. The minimum atomic E-state index is -4.24. The molecule has 1 saturated carbocycles. The number of aliphatic imine (C=N–C) groups is 1. The second kappa shape index (κ2) is 15.5. The first-order chi connectivity index (χ1) is 22.2. The van der Waals surface area contributed by atoms with Gasteiger partial charge in [0.25, 0.3) is 0 Å². The summed E-state index contributed by atoms with van der Waals surface area (Å²) in [5.74, 6) is -0.0672. The largest absolute Gasteiger partial charge is 0.509 e. The molecule has 4 aliphatic rings. The van der Waals surface area contributed by atoms with E-state index in [2.05, 4.69) is 27.1 Å². The van der Waals surface area contributed by atoms with Crippen LogP contribution in [0.3, 0.4) is 0 Å². The maximum Gasteiger partial charge on any atom is 0.509 e. The number of fused-ring (bicyclic) bond motifs is 1. The third kappa shape index (κ3) is 9.35. The van der Waals surface area contributed by atoms with E-state index >= 15 is 0 Å². The van der Waals surface area contributed by atoms with Crippen LogP contribution in [-0.2, 0) is 42.4 Å². The lowest BCUT2D eigenvalue weighted by Crippen LogP contribution is -2.53. The molecule has 47 heavy (non-hydrogen) atoms. The van der Waals surface area contributed by atoms with Gasteiger partial charge in [0.1, 0.15) is 29.8 Å². The summed E-state index contributed by atoms with van der Waals surface area (Å²) in [6.45, 7) is 16.6. The molecule has 1 aliphatic carbocycles. The van der Waals surface area contributed by atoms with Crippen LogP contribution in [0.4, 0.5) is 4.79 Å². The minimum absolute atomic E-state index is 0.0192. The number of hydrogen-bond donors (Lipinski definition) is 3. The normalized spacial score (nSPS) is 28.8. The van der Waals surface area contributed by atoms with Crippen LogP contribution in [0.1, 0.15) is 74.1 Å². The Labute approximate surface area is 276 Å². The van der Waals surface area contributed by atoms with Crippen molar-refractivity contribution in [2.75, 3.05) is 19.8 Å². The summed E-state index contributed by atoms with van der Waals surface area (Å²) in [6, 6.07) is -1.75. The molecule has 0 amide bonds. The van der Waals surface area contributed by atoms with Crippen LogP contribution in [0.25, 0.3) is 0 Å². The average Bonchev–Trinajstić information content (AvgIpc) is 3.68. The number of carbonyl (C=O) groups is 3. The third-order valence-electron chi connectivity index (χ3n) is 7.95. The summed E-state index contributed by atoms with van der Waals surface area (Å²) in [4.78, 5) is 44.7. The van der Waals surface area contributed by atoms with Gasteiger partial charge in [-0.25, -0.2) is 15.0 Å². The van der Waals surface area contributed by atoms with Gasteiger partial charge in [-0.15, -0.1) is 0 Å². The van der Waals surface area contributed by atoms with Crippen LogP contribution < -0.4 is 15.5 Å². The number of amidine groups is 1. The molecule has 3 unspecified atom stereocenters. The maximum absolute atomic E-state index is 14.7. The fourth-order valence-electron chi connectivity index (χ4n) is 5.68. The van der Waals surface area contributed by atoms with Crippen molar-refractivity contribution in [1.29, 1.82) is 0 Å². The Morgan fingerprint density at radius 3 is 2.17 bits per heavy atom. The molecule has 3 aliphatic heterocycles. The van der Waals surface area contributed by atoms with Crippen LogP contribution in [0, 0.1) is 11.8 Å². The molecular formula is C31H50N5O10P. The summed E-state index contributed by atoms with van der Waals surface area (Å²) in [7, 11) is -4.24. The zero-order chi connectivity index (χ0) is 34.5. The van der Waals surface area contributed by atoms with Crippen molar-refractivity contribution in [1.82, 2.24) is 20.4 Å². The van der Waals surface area contributed by atoms with Crippen molar-refractivity contribution in [3.63, 3.8) is 0 Å². The van der Waals surface area contributed by atoms with Crippen LogP contribution in [0.5, 0.6) is 0 Å². The molecule has 16 heteroatoms. The van der Waals surface area contributed by atoms with E-state index in [-0.39, 0.29) is 44.5 Å². The van der Waals surface area contributed by atoms with E-state index in [1.807, 2.05) is 27.7 Å². The number of rotatable bonds is 17. The predicted molar refractivity (Wildman–Crippen MR) is 172 cm³/mol. The number of nitrogens with zero attached hydrogens (tertiary/aromatic N) is 2. The van der Waals surface area contributed by atoms with E-state index in [9.17, 15) is 18.9 Å². The van der Waals surface area contributed by atoms with E-state index in [0.717, 1.165) is 12.8 Å². The molecule has 3 fully saturated rings. The first-order valence-corrected chi connectivity index (χ1v) is 18.0. The monoisotopic (exact) mass is 683 g/mol. The lowest BCUT2D eigenvalue weighted by atomic mass is 9.96. The standard InChI is InChI=1S/C31H50N5O10P/c1-9-41-27(37)22(15-18(3)4)34-47(40,35-23(16-19(5)6)28(38)42-10-2)43-17-24-26-31(8,46-30(39)45-26)29(44-24)36-14-13-25(32-20(36)7)33-21-11-12-21/h13-14,18-19,21-24,26,29H,7,9-12,15-17H2,1-6,8H3,(H,32,33)(H2,34,35,40)/t22?,23?,24-,26?,29-,31+,47?/m1/s1. The average molecular weight is 684 g/mol. The summed E-state index contributed by atoms with van der Waals surface area (Å²) < 4.78 is 48.8. The van der Waals surface area contributed by atoms with Crippen LogP contribution in [-0.4, -0.2) is 90.8 Å². The van der Waals surface area contributed by atoms with Gasteiger partial charge in [0.2, 0.25) is 0 Å². The summed E-state index contributed by atoms with van der Waals surface area (Å²) in [5, 5.41) is 8.85. The molecule has 4 rings (SSSR count). The molecule has 0 radical (unpaired) electrons. The molecule has 0 bridgehead atoms. The van der Waals surface area contributed by atoms with Crippen molar-refractivity contribution in [3.05, 3.63) is 24.7 Å². The minimum Gasteiger partial charge on any atom is -0.465 e. The van der Waals surface area contributed by atoms with Crippen molar-refractivity contribution in [2.24, 2.45) is 16.8 Å². The Balaban J connectivity index is 1.59. The van der Waals surface area contributed by atoms with Gasteiger partial charge in [-0.3, -0.25) is 19.1 Å². The van der Waals surface area contributed by atoms with E-state index in [1.165, 1.54) is 0 Å². The zero-order valence-corrected chi connectivity index (χ0v) is 29.2. The number of nitrogens with one attached hydrogen (secondary N) is 3. The van der Waals surface area contributed by atoms with Gasteiger partial charge in [0, 0.05) is 6.20 Å². The van der Waals surface area contributed by atoms with E-state index in [0.29, 0.717) is 17.7 Å². The molecular weight excluding hydrogens is 633 g/mol. The van der Waals surface area contributed by atoms with Crippen molar-refractivity contribution < 1.29 is 47.2 Å². The highest BCUT2D eigenvalue weighted by molar-refractivity contribution is 7.54. The molecule has 0 spiro atoms. The zero-order valence-electron chi connectivity index (χ0n) is 28.4. The fourth-order valence-corrected chi connectivity index (χ4v) is 7.50. The molecule has 0 aromatic heterocycles. The molecule has 15 nitrogen and oxygen atoms in total. The van der Waals surface area contributed by atoms with Crippen molar-refractivity contribution in [3.8, 4) is 0 Å². The predicted octanol–water partition coefficient (Wildman–Crippen LogP) is 3.72. The highest BCUT2D eigenvalue weighted by Crippen LogP contribution is 2.47. The maximum atomic E-state index is 14.7. The molecule has 0 aromatic rings. The molecule has 6 atom stereocenters. The van der Waals surface area contributed by atoms with Crippen molar-refractivity contribution >= 4 is 31.6 Å². The Hall–Kier alpha value is -2.97. The summed E-state index contributed by atoms with van der Waals surface area (Å²) in [5.41, 5.74) is -1.30. The first kappa shape index (κ1) is 36.9. The van der Waals surface area contributed by atoms with Gasteiger partial charge < -0.3 is 38.4 Å². The van der Waals surface area contributed by atoms with Crippen LogP contribution in [0.2, 0.25) is 0 Å². The van der Waals surface area contributed by atoms with Gasteiger partial charge in [-0.1, -0.05) is 34.3 Å². The molecule has 3 N–H and O–H groups in total. The fraction of sp³-hybridized carbons (Fsp3) is 0.742. The smallest absolute Gasteiger partial charge is 0.465 e. The van der Waals surface area contributed by atoms with Gasteiger partial charge in [0.05, 0.1) is 25.9 Å². The Kier molecular flexibility index (Phi) is 12.2. The second-order valence-electron chi connectivity index (χ2n) is 13.1. The Morgan fingerprint density at radius 2 is 1.68 bits per heavy atom. The number of ether oxygens (including phenoxy) is 5. The number of hydrogen-bond acceptors (Lipinski definition) is 12. The SMILES string of the molecule is C=C1NC(=NC2CC2)C=CN1[C@@H]1O[C@H](COP(=O)(NC(CC(C)C)C(=O)OCC)NC(CC(C)C)C(=O)OCC)C2OC(=O)O[C@@]21C. The van der Waals surface area contributed by atoms with Crippen LogP contribution in [0.15, 0.2) is 29.7 Å². The van der Waals surface area contributed by atoms with Gasteiger partial charge in [-0.05, 0) is 64.4 Å². The van der Waals surface area contributed by atoms with Gasteiger partial charge >= 0.3 is 25.8 Å². The Bertz CT molecular complexity index is 1250. The topological polar surface area (TPSA) is 175 Å². The lowest BCUT2D eigenvalue weighted by molar-refractivity contribution is -0.146. The summed E-state index contributed by atoms with van der Waals surface area (Å²) in [6.07, 6.45) is 2.46. The highest BCUT2D eigenvalue weighted by atomic mass is 31.2. The van der Waals surface area contributed by atoms with E-state index in [1.54, 1.807) is 37.9 Å². The third-order valence-corrected chi connectivity index (χ3v) is 9.77. The van der Waals surface area contributed by atoms with Gasteiger partial charge in [-0.2, -0.15) is 0 Å². The van der Waals surface area contributed by atoms with Gasteiger partial charge in [0.15, 0.2) is 17.9 Å². The second-order valence-corrected chi connectivity index (χ2v) is 15.0. The molecule has 0 aromatic carbocycles. The van der Waals surface area contributed by atoms with Crippen LogP contribution >= 0.6 is 7.67 Å². The number of esters is 2. The number of carbonyl (C=O) groups excluding carboxylic acids is 3. The van der Waals surface area contributed by atoms with E-state index in [4.69, 9.17) is 28.2 Å². The highest BCUT2D eigenvalue weighted by Gasteiger charge is 2.65. The molecule has 2 saturated heterocycles. The van der Waals surface area contributed by atoms with E-state index < -0.39 is 61.9 Å². The quantitative estimate of drug-likeness (QED) is 0.115. The van der Waals surface area contributed by atoms with Crippen molar-refractivity contribution in [2.45, 2.75) is 116 Å². The Morgan fingerprint density at radius 1 is 1.11 bits per heavy atom. The summed E-state index contributed by atoms with van der Waals surface area (Å²) >= 11 is 0. The molecule has 3 heterocycles. The molecule has 264 valence electrons.